The van der Waals surface area contributed by atoms with E-state index in [1.54, 1.807) is 11.3 Å². The molecule has 0 atom stereocenters. The molecular formula is C14H20N2S2. The summed E-state index contributed by atoms with van der Waals surface area (Å²) in [6.45, 7) is 10.6. The van der Waals surface area contributed by atoms with Gasteiger partial charge in [0.25, 0.3) is 0 Å². The average molecular weight is 280 g/mol. The predicted molar refractivity (Wildman–Crippen MR) is 80.6 cm³/mol. The fourth-order valence-corrected chi connectivity index (χ4v) is 3.60. The van der Waals surface area contributed by atoms with Gasteiger partial charge in [-0.25, -0.2) is 4.98 Å². The van der Waals surface area contributed by atoms with Crippen LogP contribution in [-0.2, 0) is 12.0 Å². The lowest BCUT2D eigenvalue weighted by Gasteiger charge is -2.23. The van der Waals surface area contributed by atoms with Crippen molar-refractivity contribution in [2.45, 2.75) is 39.7 Å². The first-order chi connectivity index (χ1) is 8.49. The van der Waals surface area contributed by atoms with Crippen molar-refractivity contribution >= 4 is 22.7 Å². The van der Waals surface area contributed by atoms with Crippen LogP contribution in [-0.4, -0.2) is 11.5 Å². The minimum Gasteiger partial charge on any atom is -0.310 e. The number of nitrogens with zero attached hydrogens (tertiary/aromatic N) is 1. The van der Waals surface area contributed by atoms with Crippen LogP contribution in [0.25, 0.3) is 0 Å². The Morgan fingerprint density at radius 2 is 2.11 bits per heavy atom. The van der Waals surface area contributed by atoms with Crippen LogP contribution in [0.1, 0.15) is 34.3 Å². The quantitative estimate of drug-likeness (QED) is 0.899. The van der Waals surface area contributed by atoms with E-state index in [1.807, 2.05) is 11.3 Å². The van der Waals surface area contributed by atoms with Gasteiger partial charge in [-0.15, -0.1) is 22.7 Å². The predicted octanol–water partition coefficient (Wildman–Crippen LogP) is 3.89. The Morgan fingerprint density at radius 3 is 2.67 bits per heavy atom. The summed E-state index contributed by atoms with van der Waals surface area (Å²) in [6, 6.07) is 4.33. The van der Waals surface area contributed by atoms with E-state index in [9.17, 15) is 0 Å². The van der Waals surface area contributed by atoms with Crippen molar-refractivity contribution in [3.05, 3.63) is 38.0 Å². The van der Waals surface area contributed by atoms with Crippen LogP contribution in [0.2, 0.25) is 0 Å². The first-order valence-corrected chi connectivity index (χ1v) is 7.86. The Kier molecular flexibility index (Phi) is 4.20. The monoisotopic (exact) mass is 280 g/mol. The third kappa shape index (κ3) is 3.19. The minimum atomic E-state index is 0.190. The van der Waals surface area contributed by atoms with E-state index in [1.165, 1.54) is 14.8 Å². The van der Waals surface area contributed by atoms with Crippen LogP contribution in [0.3, 0.4) is 0 Å². The molecule has 2 rings (SSSR count). The van der Waals surface area contributed by atoms with Crippen LogP contribution in [0.5, 0.6) is 0 Å². The molecule has 98 valence electrons. The van der Waals surface area contributed by atoms with E-state index in [-0.39, 0.29) is 5.41 Å². The van der Waals surface area contributed by atoms with Gasteiger partial charge in [-0.3, -0.25) is 0 Å². The molecular weight excluding hydrogens is 260 g/mol. The highest BCUT2D eigenvalue weighted by molar-refractivity contribution is 7.11. The molecule has 1 N–H and O–H groups in total. The van der Waals surface area contributed by atoms with Crippen LogP contribution in [0.15, 0.2) is 17.5 Å². The van der Waals surface area contributed by atoms with E-state index in [0.29, 0.717) is 0 Å². The van der Waals surface area contributed by atoms with Crippen LogP contribution < -0.4 is 5.32 Å². The van der Waals surface area contributed by atoms with E-state index in [0.717, 1.165) is 18.8 Å². The maximum absolute atomic E-state index is 4.55. The van der Waals surface area contributed by atoms with Gasteiger partial charge in [0.1, 0.15) is 5.01 Å². The number of hydrogen-bond donors (Lipinski definition) is 1. The van der Waals surface area contributed by atoms with E-state index >= 15 is 0 Å². The second-order valence-electron chi connectivity index (χ2n) is 5.21. The maximum Gasteiger partial charge on any atom is 0.107 e. The molecule has 0 saturated carbocycles. The van der Waals surface area contributed by atoms with Crippen molar-refractivity contribution in [3.8, 4) is 0 Å². The smallest absolute Gasteiger partial charge is 0.107 e. The molecule has 18 heavy (non-hydrogen) atoms. The summed E-state index contributed by atoms with van der Waals surface area (Å²) in [6.07, 6.45) is 0. The largest absolute Gasteiger partial charge is 0.310 e. The average Bonchev–Trinajstić information content (AvgIpc) is 2.90. The number of thiazole rings is 1. The van der Waals surface area contributed by atoms with Crippen LogP contribution in [0, 0.1) is 13.8 Å². The topological polar surface area (TPSA) is 24.9 Å². The first-order valence-electron chi connectivity index (χ1n) is 6.16. The summed E-state index contributed by atoms with van der Waals surface area (Å²) in [5.41, 5.74) is 1.35. The van der Waals surface area contributed by atoms with Gasteiger partial charge < -0.3 is 5.32 Å². The summed E-state index contributed by atoms with van der Waals surface area (Å²) in [4.78, 5) is 7.31. The molecule has 0 unspecified atom stereocenters. The zero-order valence-corrected chi connectivity index (χ0v) is 13.0. The molecule has 0 bridgehead atoms. The highest BCUT2D eigenvalue weighted by Crippen LogP contribution is 2.26. The third-order valence-corrected chi connectivity index (χ3v) is 5.41. The van der Waals surface area contributed by atoms with Gasteiger partial charge in [-0.1, -0.05) is 19.9 Å². The minimum absolute atomic E-state index is 0.190. The molecule has 0 aliphatic heterocycles. The Morgan fingerprint density at radius 1 is 1.33 bits per heavy atom. The number of hydrogen-bond acceptors (Lipinski definition) is 4. The first kappa shape index (κ1) is 13.7. The zero-order chi connectivity index (χ0) is 13.2. The van der Waals surface area contributed by atoms with E-state index in [4.69, 9.17) is 0 Å². The summed E-state index contributed by atoms with van der Waals surface area (Å²) < 4.78 is 0. The van der Waals surface area contributed by atoms with Crippen molar-refractivity contribution in [3.63, 3.8) is 0 Å². The summed E-state index contributed by atoms with van der Waals surface area (Å²) >= 11 is 3.62. The molecule has 0 aromatic carbocycles. The Labute approximate surface area is 117 Å². The van der Waals surface area contributed by atoms with Crippen molar-refractivity contribution < 1.29 is 0 Å². The lowest BCUT2D eigenvalue weighted by Crippen LogP contribution is -2.31. The Balaban J connectivity index is 1.89. The summed E-state index contributed by atoms with van der Waals surface area (Å²) in [5, 5.41) is 6.86. The van der Waals surface area contributed by atoms with Gasteiger partial charge in [0.15, 0.2) is 0 Å². The fraction of sp³-hybridized carbons (Fsp3) is 0.500. The molecule has 0 radical (unpaired) electrons. The Bertz CT molecular complexity index is 478. The highest BCUT2D eigenvalue weighted by atomic mass is 32.1. The van der Waals surface area contributed by atoms with Crippen molar-refractivity contribution in [1.82, 2.24) is 10.3 Å². The molecule has 2 nitrogen and oxygen atoms in total. The lowest BCUT2D eigenvalue weighted by molar-refractivity contribution is 0.476. The van der Waals surface area contributed by atoms with Crippen LogP contribution in [0.4, 0.5) is 0 Å². The van der Waals surface area contributed by atoms with Gasteiger partial charge in [-0.2, -0.15) is 0 Å². The lowest BCUT2D eigenvalue weighted by atomic mass is 9.91. The fourth-order valence-electron chi connectivity index (χ4n) is 1.85. The number of aryl methyl sites for hydroxylation is 2. The molecule has 0 spiro atoms. The number of aromatic nitrogens is 1. The maximum atomic E-state index is 4.55. The van der Waals surface area contributed by atoms with Gasteiger partial charge in [0.2, 0.25) is 0 Å². The summed E-state index contributed by atoms with van der Waals surface area (Å²) in [7, 11) is 0. The molecule has 0 aliphatic rings. The molecule has 0 saturated heterocycles. The number of rotatable bonds is 5. The molecule has 4 heteroatoms. The van der Waals surface area contributed by atoms with E-state index < -0.39 is 0 Å². The summed E-state index contributed by atoms with van der Waals surface area (Å²) in [5.74, 6) is 0. The zero-order valence-electron chi connectivity index (χ0n) is 11.4. The molecule has 2 heterocycles. The normalized spacial score (nSPS) is 12.0. The standard InChI is InChI=1S/C14H20N2S2/c1-10-11(2)18-13(16-10)8-15-9-14(3,4)12-6-5-7-17-12/h5-7,15H,8-9H2,1-4H3. The van der Waals surface area contributed by atoms with Gasteiger partial charge >= 0.3 is 0 Å². The SMILES string of the molecule is Cc1nc(CNCC(C)(C)c2cccs2)sc1C. The Hall–Kier alpha value is -0.710. The van der Waals surface area contributed by atoms with Gasteiger partial charge in [-0.05, 0) is 25.3 Å². The van der Waals surface area contributed by atoms with Gasteiger partial charge in [0.05, 0.1) is 5.69 Å². The third-order valence-electron chi connectivity index (χ3n) is 3.10. The van der Waals surface area contributed by atoms with Crippen LogP contribution >= 0.6 is 22.7 Å². The molecule has 0 fully saturated rings. The van der Waals surface area contributed by atoms with Crippen molar-refractivity contribution in [2.24, 2.45) is 0 Å². The molecule has 0 amide bonds. The second-order valence-corrected chi connectivity index (χ2v) is 7.45. The van der Waals surface area contributed by atoms with Crippen molar-refractivity contribution in [2.75, 3.05) is 6.54 Å². The highest BCUT2D eigenvalue weighted by Gasteiger charge is 2.21. The number of nitrogens with one attached hydrogen (secondary N) is 1. The van der Waals surface area contributed by atoms with Gasteiger partial charge in [0, 0.05) is 28.3 Å². The molecule has 0 aliphatic carbocycles. The molecule has 2 aromatic rings. The van der Waals surface area contributed by atoms with Crippen molar-refractivity contribution in [1.29, 1.82) is 0 Å². The van der Waals surface area contributed by atoms with E-state index in [2.05, 4.69) is 55.5 Å². The second kappa shape index (κ2) is 5.51. The number of thiophene rings is 1. The molecule has 2 aromatic heterocycles.